The van der Waals surface area contributed by atoms with E-state index >= 15 is 0 Å². The first-order valence-corrected chi connectivity index (χ1v) is 19.6. The van der Waals surface area contributed by atoms with E-state index in [1.165, 1.54) is 0 Å². The molecule has 43 heavy (non-hydrogen) atoms. The Labute approximate surface area is 262 Å². The van der Waals surface area contributed by atoms with Crippen molar-refractivity contribution >= 4 is 51.5 Å². The number of nitrogens with zero attached hydrogens (tertiary/aromatic N) is 2. The van der Waals surface area contributed by atoms with E-state index in [4.69, 9.17) is 9.42 Å². The van der Waals surface area contributed by atoms with Crippen molar-refractivity contribution in [3.05, 3.63) is 86.8 Å². The summed E-state index contributed by atoms with van der Waals surface area (Å²) in [5, 5.41) is 3.46. The number of hydrogen-bond donors (Lipinski definition) is 1. The first kappa shape index (κ1) is 30.2. The smallest absolute Gasteiger partial charge is 0.268 e. The highest BCUT2D eigenvalue weighted by molar-refractivity contribution is 9.12. The number of rotatable bonds is 5. The average molecular weight is 683 g/mol. The molecule has 1 spiro atoms. The Morgan fingerprint density at radius 1 is 1.19 bits per heavy atom. The Bertz CT molecular complexity index is 1810. The van der Waals surface area contributed by atoms with E-state index in [-0.39, 0.29) is 27.5 Å². The molecule has 2 aliphatic carbocycles. The number of aliphatic imine (C=N–C) groups is 1. The van der Waals surface area contributed by atoms with Gasteiger partial charge in [-0.05, 0) is 77.6 Å². The third-order valence-corrected chi connectivity index (χ3v) is 16.2. The standard InChI is InChI=1S/C32H36BrN3O5SSi/c1-19-7-9-22(10-8-19)42(39,40)36-17-20-12-14-34-27-25(20)29(36)30(38)28-26(27)32(13-11-24(37)23(33)16-32)15-21(35-28)18-41-43(5,6)31(2,3)4/h7-11,13,16-17,21,35H,12,14-15,18H2,1-6H3/t21-,32+/m0/s1. The van der Waals surface area contributed by atoms with Gasteiger partial charge in [-0.15, -0.1) is 0 Å². The normalized spacial score (nSPS) is 23.6. The Morgan fingerprint density at radius 2 is 1.88 bits per heavy atom. The summed E-state index contributed by atoms with van der Waals surface area (Å²) in [5.74, 6) is -0.552. The van der Waals surface area contributed by atoms with Gasteiger partial charge >= 0.3 is 0 Å². The molecule has 8 nitrogen and oxygen atoms in total. The van der Waals surface area contributed by atoms with E-state index < -0.39 is 29.5 Å². The van der Waals surface area contributed by atoms with Gasteiger partial charge in [0.15, 0.2) is 14.1 Å². The van der Waals surface area contributed by atoms with Gasteiger partial charge in [0.25, 0.3) is 10.0 Å². The summed E-state index contributed by atoms with van der Waals surface area (Å²) in [4.78, 5) is 32.1. The van der Waals surface area contributed by atoms with Crippen LogP contribution in [0.4, 0.5) is 0 Å². The zero-order valence-corrected chi connectivity index (χ0v) is 28.6. The van der Waals surface area contributed by atoms with Crippen LogP contribution in [0.1, 0.15) is 54.4 Å². The van der Waals surface area contributed by atoms with Crippen molar-refractivity contribution in [1.82, 2.24) is 9.29 Å². The van der Waals surface area contributed by atoms with Gasteiger partial charge in [-0.1, -0.05) is 50.6 Å². The van der Waals surface area contributed by atoms with E-state index in [0.717, 1.165) is 15.1 Å². The van der Waals surface area contributed by atoms with E-state index in [1.807, 2.05) is 19.1 Å². The lowest BCUT2D eigenvalue weighted by atomic mass is 9.65. The van der Waals surface area contributed by atoms with Gasteiger partial charge in [0.1, 0.15) is 5.69 Å². The molecule has 3 heterocycles. The molecule has 11 heteroatoms. The lowest BCUT2D eigenvalue weighted by Crippen LogP contribution is -2.52. The number of halogens is 1. The van der Waals surface area contributed by atoms with E-state index in [9.17, 15) is 18.0 Å². The largest absolute Gasteiger partial charge is 0.415 e. The monoisotopic (exact) mass is 681 g/mol. The molecule has 1 N–H and O–H groups in total. The summed E-state index contributed by atoms with van der Waals surface area (Å²) >= 11 is 3.46. The van der Waals surface area contributed by atoms with E-state index in [2.05, 4.69) is 55.1 Å². The molecular weight excluding hydrogens is 646 g/mol. The Balaban J connectivity index is 1.51. The van der Waals surface area contributed by atoms with Crippen LogP contribution in [0.25, 0.3) is 0 Å². The van der Waals surface area contributed by atoms with Gasteiger partial charge in [0.2, 0.25) is 5.78 Å². The zero-order chi connectivity index (χ0) is 31.1. The molecular formula is C32H36BrN3O5SSi. The first-order chi connectivity index (χ1) is 20.1. The zero-order valence-electron chi connectivity index (χ0n) is 25.2. The second-order valence-electron chi connectivity index (χ2n) is 13.4. The third kappa shape index (κ3) is 4.79. The van der Waals surface area contributed by atoms with Crippen LogP contribution in [0.15, 0.2) is 74.3 Å². The SMILES string of the molecule is Cc1ccc(S(=O)(=O)n2cc3c4c2C(=O)C2=C(C4=NCC3)[C@]3(C=CC(=O)C(Br)=C3)C[C@@H](CO[Si](C)(C)C(C)(C)C)N2)cc1. The van der Waals surface area contributed by atoms with Gasteiger partial charge in [0.05, 0.1) is 27.4 Å². The molecule has 0 bridgehead atoms. The number of ketones is 2. The van der Waals surface area contributed by atoms with Crippen molar-refractivity contribution in [2.45, 2.75) is 69.6 Å². The molecule has 4 aliphatic rings. The number of nitrogens with one attached hydrogen (secondary N) is 1. The van der Waals surface area contributed by atoms with Gasteiger partial charge in [-0.25, -0.2) is 12.4 Å². The van der Waals surface area contributed by atoms with Crippen LogP contribution in [-0.4, -0.2) is 57.2 Å². The number of aryl methyl sites for hydroxylation is 1. The maximum atomic E-state index is 14.6. The molecule has 0 amide bonds. The fourth-order valence-corrected chi connectivity index (χ4v) is 9.03. The second-order valence-corrected chi connectivity index (χ2v) is 20.9. The highest BCUT2D eigenvalue weighted by Crippen LogP contribution is 2.50. The summed E-state index contributed by atoms with van der Waals surface area (Å²) < 4.78 is 36.1. The number of carbonyl (C=O) groups is 2. The Kier molecular flexibility index (Phi) is 7.08. The molecule has 0 radical (unpaired) electrons. The number of fused-ring (bicyclic) bond motifs is 2. The quantitative estimate of drug-likeness (QED) is 0.411. The minimum Gasteiger partial charge on any atom is -0.415 e. The molecule has 0 unspecified atom stereocenters. The summed E-state index contributed by atoms with van der Waals surface area (Å²) in [7, 11) is -6.19. The van der Waals surface area contributed by atoms with Gasteiger partial charge < -0.3 is 9.74 Å². The van der Waals surface area contributed by atoms with Crippen molar-refractivity contribution in [3.8, 4) is 0 Å². The molecule has 2 aliphatic heterocycles. The van der Waals surface area contributed by atoms with E-state index in [0.29, 0.717) is 53.0 Å². The lowest BCUT2D eigenvalue weighted by Gasteiger charge is -2.45. The third-order valence-electron chi connectivity index (χ3n) is 9.45. The first-order valence-electron chi connectivity index (χ1n) is 14.5. The maximum Gasteiger partial charge on any atom is 0.268 e. The van der Waals surface area contributed by atoms with Crippen molar-refractivity contribution < 1.29 is 22.4 Å². The van der Waals surface area contributed by atoms with Crippen LogP contribution in [0.3, 0.4) is 0 Å². The molecule has 1 aromatic carbocycles. The minimum absolute atomic E-state index is 0.00215. The molecule has 6 rings (SSSR count). The molecule has 1 aromatic heterocycles. The van der Waals surface area contributed by atoms with Crippen molar-refractivity contribution in [2.75, 3.05) is 13.2 Å². The number of hydrogen-bond acceptors (Lipinski definition) is 7. The van der Waals surface area contributed by atoms with E-state index in [1.54, 1.807) is 36.5 Å². The van der Waals surface area contributed by atoms with Gasteiger partial charge in [0, 0.05) is 35.3 Å². The Morgan fingerprint density at radius 3 is 2.53 bits per heavy atom. The van der Waals surface area contributed by atoms with Gasteiger partial charge in [-0.3, -0.25) is 14.6 Å². The van der Waals surface area contributed by atoms with Crippen molar-refractivity contribution in [1.29, 1.82) is 0 Å². The predicted molar refractivity (Wildman–Crippen MR) is 173 cm³/mol. The fraction of sp³-hybridized carbons (Fsp3) is 0.406. The van der Waals surface area contributed by atoms with Crippen LogP contribution in [0.5, 0.6) is 0 Å². The number of aromatic nitrogens is 1. The molecule has 2 aromatic rings. The summed E-state index contributed by atoms with van der Waals surface area (Å²) in [6.45, 7) is 13.6. The summed E-state index contributed by atoms with van der Waals surface area (Å²) in [6.07, 6.45) is 7.93. The Hall–Kier alpha value is -2.86. The number of allylic oxidation sites excluding steroid dienone is 6. The maximum absolute atomic E-state index is 14.6. The van der Waals surface area contributed by atoms with Crippen LogP contribution >= 0.6 is 15.9 Å². The van der Waals surface area contributed by atoms with Crippen LogP contribution in [0, 0.1) is 12.3 Å². The number of benzene rings is 1. The fourth-order valence-electron chi connectivity index (χ4n) is 6.05. The molecule has 0 fully saturated rings. The summed E-state index contributed by atoms with van der Waals surface area (Å²) in [5.41, 5.74) is 3.16. The van der Waals surface area contributed by atoms with Crippen LogP contribution < -0.4 is 5.32 Å². The second kappa shape index (κ2) is 10.1. The summed E-state index contributed by atoms with van der Waals surface area (Å²) in [6, 6.07) is 6.36. The van der Waals surface area contributed by atoms with Crippen LogP contribution in [-0.2, 0) is 25.7 Å². The highest BCUT2D eigenvalue weighted by Gasteiger charge is 2.51. The molecule has 226 valence electrons. The van der Waals surface area contributed by atoms with Gasteiger partial charge in [-0.2, -0.15) is 0 Å². The van der Waals surface area contributed by atoms with Crippen molar-refractivity contribution in [2.24, 2.45) is 10.4 Å². The molecule has 2 atom stereocenters. The highest BCUT2D eigenvalue weighted by atomic mass is 79.9. The molecule has 0 saturated heterocycles. The average Bonchev–Trinajstić information content (AvgIpc) is 3.34. The lowest BCUT2D eigenvalue weighted by molar-refractivity contribution is -0.110. The van der Waals surface area contributed by atoms with Crippen molar-refractivity contribution in [3.63, 3.8) is 0 Å². The molecule has 0 saturated carbocycles. The predicted octanol–water partition coefficient (Wildman–Crippen LogP) is 5.62. The number of carbonyl (C=O) groups excluding carboxylic acids is 2. The van der Waals surface area contributed by atoms with Crippen LogP contribution in [0.2, 0.25) is 18.1 Å². The minimum atomic E-state index is -4.07. The topological polar surface area (TPSA) is 107 Å². The number of Topliss-reactive ketones (excluding diaryl/α,β-unsaturated/α-hetero) is 1.